The number of methoxy groups -OCH3 is 2. The third-order valence-electron chi connectivity index (χ3n) is 15.1. The van der Waals surface area contributed by atoms with Crippen LogP contribution in [0.1, 0.15) is 87.5 Å². The molecule has 6 N–H and O–H groups in total. The third kappa shape index (κ3) is 6.54. The van der Waals surface area contributed by atoms with Crippen LogP contribution in [0.25, 0.3) is 0 Å². The molecule has 3 aromatic carbocycles. The Bertz CT molecular complexity index is 2560. The van der Waals surface area contributed by atoms with Crippen molar-refractivity contribution in [3.05, 3.63) is 62.7 Å². The lowest BCUT2D eigenvalue weighted by atomic mass is 9.78. The van der Waals surface area contributed by atoms with Crippen LogP contribution in [0.2, 0.25) is 0 Å². The molecule has 0 aliphatic carbocycles. The molecule has 3 aromatic rings. The number of esters is 2. The van der Waals surface area contributed by atoms with E-state index in [1.807, 2.05) is 38.7 Å². The second kappa shape index (κ2) is 16.2. The maximum atomic E-state index is 15.0. The first-order chi connectivity index (χ1) is 31.8. The van der Waals surface area contributed by atoms with Crippen LogP contribution in [0.15, 0.2) is 18.2 Å². The van der Waals surface area contributed by atoms with Crippen LogP contribution < -0.4 is 39.6 Å². The van der Waals surface area contributed by atoms with Crippen LogP contribution in [0, 0.1) is 13.8 Å². The lowest BCUT2D eigenvalue weighted by Crippen LogP contribution is -2.70. The molecule has 5 unspecified atom stereocenters. The number of rotatable bonds is 8. The van der Waals surface area contributed by atoms with Gasteiger partial charge >= 0.3 is 18.0 Å². The molecule has 0 aromatic heterocycles. The number of carbonyl (C=O) groups excluding carboxylic acids is 3. The number of phenols is 2. The smallest absolute Gasteiger partial charge is 0.331 e. The Balaban J connectivity index is 1.05. The molecule has 10 aliphatic rings. The summed E-state index contributed by atoms with van der Waals surface area (Å²) >= 11 is 3.31. The van der Waals surface area contributed by atoms with E-state index in [-0.39, 0.29) is 79.2 Å². The van der Waals surface area contributed by atoms with Gasteiger partial charge in [-0.1, -0.05) is 12.5 Å². The molecule has 0 radical (unpaired) electrons. The number of aliphatic hydroxyl groups is 1. The van der Waals surface area contributed by atoms with Crippen molar-refractivity contribution < 1.29 is 58.1 Å². The van der Waals surface area contributed by atoms with E-state index in [1.165, 1.54) is 26.0 Å². The van der Waals surface area contributed by atoms with E-state index in [2.05, 4.69) is 25.8 Å². The molecule has 10 atom stereocenters. The summed E-state index contributed by atoms with van der Waals surface area (Å²) in [7, 11) is 4.94. The van der Waals surface area contributed by atoms with E-state index in [1.54, 1.807) is 12.1 Å². The molecule has 13 rings (SSSR count). The Hall–Kier alpha value is -4.79. The first-order valence-corrected chi connectivity index (χ1v) is 24.8. The van der Waals surface area contributed by atoms with Gasteiger partial charge in [-0.25, -0.2) is 9.59 Å². The SMILES string of the molecule is COc1cc2c(cc1O)CCN[C@]21CS[C@@H]2c3c(OC(=O)CCCCC4SCC5NC(=O)NC54)c(C)c4c(c3[C@H](COC1=O)N1C2[C@H]2c3c(cc(C)c(OC)c3O)C[C@]1(O)CN2C)OCO4. The fourth-order valence-corrected chi connectivity index (χ4v) is 15.6. The van der Waals surface area contributed by atoms with E-state index in [0.717, 1.165) is 35.3 Å². The number of fused-ring (bicyclic) bond motifs is 7. The van der Waals surface area contributed by atoms with Crippen molar-refractivity contribution in [2.24, 2.45) is 0 Å². The molecule has 1 spiro atoms. The fourth-order valence-electron chi connectivity index (χ4n) is 12.4. The van der Waals surface area contributed by atoms with E-state index in [9.17, 15) is 29.7 Å². The van der Waals surface area contributed by atoms with Gasteiger partial charge in [0.15, 0.2) is 40.0 Å². The standard InChI is InChI=1S/C47H55N5O12S2/c1-21-12-24-15-46(58)18-51(3)36(32(24)38(55)39(21)60-5)37-43-34-33(27(52(37)46)16-61-44(56)47(19-66-43)25-14-29(59-4)28(53)13-23(25)10-11-48-47)42-41(62-20-63-42)22(2)40(34)64-31(54)9-7-6-8-30-35-26(17-65-30)49-45(57)50-35/h12-14,26-27,30,35-37,43,48,53,55,58H,6-11,15-20H2,1-5H3,(H2,49,50,57)/t26?,27-,30?,35?,36+,37?,43+,46-,47+/m0/s1. The Morgan fingerprint density at radius 3 is 2.59 bits per heavy atom. The van der Waals surface area contributed by atoms with E-state index >= 15 is 0 Å². The number of ether oxygens (including phenoxy) is 6. The molecule has 19 heteroatoms. The lowest BCUT2D eigenvalue weighted by molar-refractivity contribution is -0.215. The number of amides is 2. The number of likely N-dealkylation sites (N-methyl/N-ethyl adjacent to an activating group) is 1. The number of benzene rings is 3. The Kier molecular flexibility index (Phi) is 10.7. The molecule has 2 amide bonds. The number of nitrogens with zero attached hydrogens (tertiary/aromatic N) is 2. The van der Waals surface area contributed by atoms with Gasteiger partial charge in [-0.05, 0) is 74.5 Å². The highest BCUT2D eigenvalue weighted by Gasteiger charge is 2.64. The van der Waals surface area contributed by atoms with Gasteiger partial charge in [-0.3, -0.25) is 19.9 Å². The topological polar surface area (TPSA) is 210 Å². The summed E-state index contributed by atoms with van der Waals surface area (Å²) in [6, 6.07) is 3.40. The van der Waals surface area contributed by atoms with Crippen molar-refractivity contribution in [2.75, 3.05) is 59.3 Å². The van der Waals surface area contributed by atoms with Gasteiger partial charge < -0.3 is 54.4 Å². The fraction of sp³-hybridized carbons (Fsp3) is 0.553. The number of aryl methyl sites for hydroxylation is 1. The van der Waals surface area contributed by atoms with Gasteiger partial charge in [0.2, 0.25) is 6.79 Å². The number of unbranched alkanes of at least 4 members (excludes halogenated alkanes) is 1. The van der Waals surface area contributed by atoms with E-state index in [4.69, 9.17) is 28.4 Å². The molecule has 4 fully saturated rings. The summed E-state index contributed by atoms with van der Waals surface area (Å²) in [5, 5.41) is 45.6. The molecule has 4 bridgehead atoms. The van der Waals surface area contributed by atoms with E-state index < -0.39 is 46.6 Å². The maximum Gasteiger partial charge on any atom is 0.331 e. The number of hydrogen-bond acceptors (Lipinski definition) is 17. The summed E-state index contributed by atoms with van der Waals surface area (Å²) in [5.41, 5.74) is 2.47. The molecule has 4 saturated heterocycles. The predicted octanol–water partition coefficient (Wildman–Crippen LogP) is 4.12. The second-order valence-electron chi connectivity index (χ2n) is 18.9. The summed E-state index contributed by atoms with van der Waals surface area (Å²) in [4.78, 5) is 45.4. The van der Waals surface area contributed by atoms with Crippen LogP contribution in [0.3, 0.4) is 0 Å². The summed E-state index contributed by atoms with van der Waals surface area (Å²) in [6.45, 7) is 4.04. The average Bonchev–Trinajstić information content (AvgIpc) is 3.98. The van der Waals surface area contributed by atoms with E-state index in [0.29, 0.717) is 70.2 Å². The Morgan fingerprint density at radius 2 is 1.79 bits per heavy atom. The molecule has 10 heterocycles. The number of thioether (sulfide) groups is 2. The van der Waals surface area contributed by atoms with Gasteiger partial charge in [-0.15, -0.1) is 11.8 Å². The number of hydrogen-bond donors (Lipinski definition) is 6. The molecule has 352 valence electrons. The number of nitrogens with one attached hydrogen (secondary N) is 3. The normalized spacial score (nSPS) is 32.3. The number of carbonyl (C=O) groups is 3. The third-order valence-corrected chi connectivity index (χ3v) is 18.1. The lowest BCUT2D eigenvalue weighted by Gasteiger charge is -2.60. The summed E-state index contributed by atoms with van der Waals surface area (Å²) in [6.07, 6.45) is 3.04. The van der Waals surface area contributed by atoms with Gasteiger partial charge in [0.25, 0.3) is 0 Å². The van der Waals surface area contributed by atoms with Gasteiger partial charge in [0.1, 0.15) is 18.1 Å². The van der Waals surface area contributed by atoms with Crippen LogP contribution >= 0.6 is 23.5 Å². The average molecular weight is 946 g/mol. The molecular formula is C47H55N5O12S2. The summed E-state index contributed by atoms with van der Waals surface area (Å²) in [5.74, 6) is 1.77. The minimum absolute atomic E-state index is 0.00191. The Labute approximate surface area is 390 Å². The minimum atomic E-state index is -1.55. The van der Waals surface area contributed by atoms with Crippen LogP contribution in [0.4, 0.5) is 4.79 Å². The summed E-state index contributed by atoms with van der Waals surface area (Å²) < 4.78 is 37.0. The van der Waals surface area contributed by atoms with Crippen molar-refractivity contribution in [1.82, 2.24) is 25.8 Å². The van der Waals surface area contributed by atoms with Gasteiger partial charge in [0, 0.05) is 71.0 Å². The van der Waals surface area contributed by atoms with Crippen LogP contribution in [0.5, 0.6) is 40.2 Å². The molecule has 0 saturated carbocycles. The monoisotopic (exact) mass is 945 g/mol. The van der Waals surface area contributed by atoms with Gasteiger partial charge in [0.05, 0.1) is 43.6 Å². The van der Waals surface area contributed by atoms with Crippen molar-refractivity contribution in [2.45, 2.75) is 104 Å². The Morgan fingerprint density at radius 1 is 0.970 bits per heavy atom. The number of urea groups is 1. The first kappa shape index (κ1) is 43.8. The van der Waals surface area contributed by atoms with Crippen molar-refractivity contribution in [3.63, 3.8) is 0 Å². The second-order valence-corrected chi connectivity index (χ2v) is 21.3. The van der Waals surface area contributed by atoms with Crippen LogP contribution in [-0.4, -0.2) is 131 Å². The number of piperazine rings is 1. The molecule has 66 heavy (non-hydrogen) atoms. The zero-order chi connectivity index (χ0) is 46.0. The highest BCUT2D eigenvalue weighted by Crippen LogP contribution is 2.65. The van der Waals surface area contributed by atoms with Crippen molar-refractivity contribution in [3.8, 4) is 40.2 Å². The molecule has 17 nitrogen and oxygen atoms in total. The van der Waals surface area contributed by atoms with Crippen LogP contribution in [-0.2, 0) is 32.7 Å². The first-order valence-electron chi connectivity index (χ1n) is 22.7. The highest BCUT2D eigenvalue weighted by atomic mass is 32.2. The predicted molar refractivity (Wildman–Crippen MR) is 243 cm³/mol. The molecular weight excluding hydrogens is 891 g/mol. The number of aromatic hydroxyl groups is 2. The number of phenolic OH excluding ortho intramolecular Hbond substituents is 2. The van der Waals surface area contributed by atoms with Crippen molar-refractivity contribution in [1.29, 1.82) is 0 Å². The van der Waals surface area contributed by atoms with Gasteiger partial charge in [-0.2, -0.15) is 11.8 Å². The quantitative estimate of drug-likeness (QED) is 0.0812. The molecule has 10 aliphatic heterocycles. The largest absolute Gasteiger partial charge is 0.504 e. The maximum absolute atomic E-state index is 15.0. The minimum Gasteiger partial charge on any atom is -0.504 e. The zero-order valence-corrected chi connectivity index (χ0v) is 39.1. The zero-order valence-electron chi connectivity index (χ0n) is 37.5. The van der Waals surface area contributed by atoms with Crippen molar-refractivity contribution >= 4 is 41.5 Å². The highest BCUT2D eigenvalue weighted by molar-refractivity contribution is 8.00.